The molecule has 1 atom stereocenters. The zero-order valence-electron chi connectivity index (χ0n) is 12.1. The molecule has 1 fully saturated rings. The van der Waals surface area contributed by atoms with Gasteiger partial charge < -0.3 is 10.6 Å². The molecule has 0 saturated carbocycles. The normalized spacial score (nSPS) is 24.3. The van der Waals surface area contributed by atoms with Crippen molar-refractivity contribution in [1.29, 1.82) is 0 Å². The Hall–Kier alpha value is -0.870. The molecule has 1 amide bonds. The van der Waals surface area contributed by atoms with Crippen LogP contribution in [0.1, 0.15) is 44.9 Å². The molecular weight excluding hydrogens is 238 g/mol. The number of hydrogen-bond acceptors (Lipinski definition) is 3. The van der Waals surface area contributed by atoms with Gasteiger partial charge >= 0.3 is 0 Å². The molecule has 0 aromatic rings. The van der Waals surface area contributed by atoms with Crippen molar-refractivity contribution in [3.05, 3.63) is 11.8 Å². The predicted molar refractivity (Wildman–Crippen MR) is 77.6 cm³/mol. The second-order valence-corrected chi connectivity index (χ2v) is 5.74. The number of nitrogens with zero attached hydrogens (tertiary/aromatic N) is 2. The molecule has 1 unspecified atom stereocenters. The number of carbonyl (C=O) groups is 1. The van der Waals surface area contributed by atoms with Crippen LogP contribution in [0.2, 0.25) is 0 Å². The van der Waals surface area contributed by atoms with Crippen LogP contribution >= 0.6 is 0 Å². The zero-order chi connectivity index (χ0) is 13.7. The third kappa shape index (κ3) is 3.80. The van der Waals surface area contributed by atoms with Gasteiger partial charge in [-0.1, -0.05) is 12.5 Å². The molecule has 0 radical (unpaired) electrons. The highest BCUT2D eigenvalue weighted by Gasteiger charge is 2.25. The summed E-state index contributed by atoms with van der Waals surface area (Å²) in [6, 6.07) is 0.508. The molecule has 1 aliphatic carbocycles. The van der Waals surface area contributed by atoms with Gasteiger partial charge in [0.1, 0.15) is 0 Å². The van der Waals surface area contributed by atoms with Gasteiger partial charge in [0.2, 0.25) is 5.91 Å². The highest BCUT2D eigenvalue weighted by atomic mass is 16.2. The van der Waals surface area contributed by atoms with Gasteiger partial charge in [0.05, 0.1) is 6.54 Å². The molecule has 2 N–H and O–H groups in total. The van der Waals surface area contributed by atoms with Crippen LogP contribution in [-0.4, -0.2) is 48.4 Å². The predicted octanol–water partition coefficient (Wildman–Crippen LogP) is 1.72. The Kier molecular flexibility index (Phi) is 5.40. The monoisotopic (exact) mass is 265 g/mol. The molecule has 2 rings (SSSR count). The lowest BCUT2D eigenvalue weighted by Gasteiger charge is -2.36. The van der Waals surface area contributed by atoms with Gasteiger partial charge in [-0.2, -0.15) is 0 Å². The SMILES string of the molecule is CN(C(=O)CN1CCCCC1CCN)C1=CCCC1. The van der Waals surface area contributed by atoms with Crippen LogP contribution in [0.25, 0.3) is 0 Å². The molecule has 1 aliphatic heterocycles. The first-order valence-corrected chi connectivity index (χ1v) is 7.62. The Morgan fingerprint density at radius 1 is 1.47 bits per heavy atom. The van der Waals surface area contributed by atoms with Crippen LogP contribution in [0.3, 0.4) is 0 Å². The topological polar surface area (TPSA) is 49.6 Å². The average Bonchev–Trinajstić information content (AvgIpc) is 2.94. The molecule has 0 aromatic heterocycles. The zero-order valence-corrected chi connectivity index (χ0v) is 12.1. The molecule has 19 heavy (non-hydrogen) atoms. The van der Waals surface area contributed by atoms with E-state index < -0.39 is 0 Å². The third-order valence-electron chi connectivity index (χ3n) is 4.41. The Labute approximate surface area is 116 Å². The van der Waals surface area contributed by atoms with Gasteiger partial charge in [-0.3, -0.25) is 9.69 Å². The van der Waals surface area contributed by atoms with Gasteiger partial charge in [0.25, 0.3) is 0 Å². The summed E-state index contributed by atoms with van der Waals surface area (Å²) < 4.78 is 0. The van der Waals surface area contributed by atoms with E-state index in [2.05, 4.69) is 11.0 Å². The summed E-state index contributed by atoms with van der Waals surface area (Å²) in [7, 11) is 1.92. The van der Waals surface area contributed by atoms with Crippen molar-refractivity contribution in [2.45, 2.75) is 51.0 Å². The number of amides is 1. The number of piperidine rings is 1. The summed E-state index contributed by atoms with van der Waals surface area (Å²) >= 11 is 0. The van der Waals surface area contributed by atoms with Crippen molar-refractivity contribution in [2.75, 3.05) is 26.7 Å². The minimum Gasteiger partial charge on any atom is -0.330 e. The lowest BCUT2D eigenvalue weighted by Crippen LogP contribution is -2.46. The molecule has 0 bridgehead atoms. The number of hydrogen-bond donors (Lipinski definition) is 1. The van der Waals surface area contributed by atoms with Gasteiger partial charge in [0.15, 0.2) is 0 Å². The second-order valence-electron chi connectivity index (χ2n) is 5.74. The summed E-state index contributed by atoms with van der Waals surface area (Å²) in [6.07, 6.45) is 10.2. The molecule has 1 heterocycles. The number of nitrogens with two attached hydrogens (primary N) is 1. The van der Waals surface area contributed by atoms with Gasteiger partial charge in [-0.05, 0) is 51.6 Å². The maximum atomic E-state index is 12.4. The maximum absolute atomic E-state index is 12.4. The van der Waals surface area contributed by atoms with Crippen LogP contribution in [0.5, 0.6) is 0 Å². The third-order valence-corrected chi connectivity index (χ3v) is 4.41. The van der Waals surface area contributed by atoms with E-state index >= 15 is 0 Å². The summed E-state index contributed by atoms with van der Waals surface area (Å²) in [5, 5.41) is 0. The van der Waals surface area contributed by atoms with Crippen molar-refractivity contribution >= 4 is 5.91 Å². The largest absolute Gasteiger partial charge is 0.330 e. The van der Waals surface area contributed by atoms with Crippen LogP contribution < -0.4 is 5.73 Å². The molecule has 4 nitrogen and oxygen atoms in total. The van der Waals surface area contributed by atoms with E-state index in [-0.39, 0.29) is 5.91 Å². The number of carbonyl (C=O) groups excluding carboxylic acids is 1. The molecule has 1 saturated heterocycles. The standard InChI is InChI=1S/C15H27N3O/c1-17(13-6-2-3-7-13)15(19)12-18-11-5-4-8-14(18)9-10-16/h6,14H,2-5,7-12,16H2,1H3. The smallest absolute Gasteiger partial charge is 0.240 e. The summed E-state index contributed by atoms with van der Waals surface area (Å²) in [4.78, 5) is 16.6. The minimum absolute atomic E-state index is 0.233. The fourth-order valence-corrected chi connectivity index (χ4v) is 3.19. The molecule has 4 heteroatoms. The Balaban J connectivity index is 1.88. The first-order valence-electron chi connectivity index (χ1n) is 7.62. The fourth-order valence-electron chi connectivity index (χ4n) is 3.19. The average molecular weight is 265 g/mol. The molecule has 2 aliphatic rings. The summed E-state index contributed by atoms with van der Waals surface area (Å²) in [5.74, 6) is 0.233. The van der Waals surface area contributed by atoms with Gasteiger partial charge in [-0.15, -0.1) is 0 Å². The van der Waals surface area contributed by atoms with E-state index in [0.29, 0.717) is 12.6 Å². The van der Waals surface area contributed by atoms with E-state index in [0.717, 1.165) is 32.4 Å². The lowest BCUT2D eigenvalue weighted by atomic mass is 9.99. The quantitative estimate of drug-likeness (QED) is 0.823. The van der Waals surface area contributed by atoms with E-state index in [1.807, 2.05) is 11.9 Å². The van der Waals surface area contributed by atoms with Crippen molar-refractivity contribution in [1.82, 2.24) is 9.80 Å². The molecule has 0 spiro atoms. The summed E-state index contributed by atoms with van der Waals surface area (Å²) in [5.41, 5.74) is 6.89. The first-order chi connectivity index (χ1) is 9.22. The number of likely N-dealkylation sites (tertiary alicyclic amines) is 1. The highest BCUT2D eigenvalue weighted by Crippen LogP contribution is 2.22. The van der Waals surface area contributed by atoms with Crippen LogP contribution in [0.4, 0.5) is 0 Å². The van der Waals surface area contributed by atoms with Crippen LogP contribution in [-0.2, 0) is 4.79 Å². The minimum atomic E-state index is 0.233. The van der Waals surface area contributed by atoms with Gasteiger partial charge in [0, 0.05) is 18.8 Å². The lowest BCUT2D eigenvalue weighted by molar-refractivity contribution is -0.130. The van der Waals surface area contributed by atoms with Crippen molar-refractivity contribution in [3.63, 3.8) is 0 Å². The van der Waals surface area contributed by atoms with E-state index in [4.69, 9.17) is 5.73 Å². The highest BCUT2D eigenvalue weighted by molar-refractivity contribution is 5.79. The first kappa shape index (κ1) is 14.5. The maximum Gasteiger partial charge on any atom is 0.240 e. The van der Waals surface area contributed by atoms with Crippen molar-refractivity contribution in [2.24, 2.45) is 5.73 Å². The Morgan fingerprint density at radius 2 is 2.32 bits per heavy atom. The number of allylic oxidation sites excluding steroid dienone is 2. The van der Waals surface area contributed by atoms with Gasteiger partial charge in [-0.25, -0.2) is 0 Å². The summed E-state index contributed by atoms with van der Waals surface area (Å²) in [6.45, 7) is 2.32. The number of rotatable bonds is 5. The molecular formula is C15H27N3O. The fraction of sp³-hybridized carbons (Fsp3) is 0.800. The van der Waals surface area contributed by atoms with Crippen molar-refractivity contribution in [3.8, 4) is 0 Å². The second kappa shape index (κ2) is 7.06. The van der Waals surface area contributed by atoms with E-state index in [9.17, 15) is 4.79 Å². The van der Waals surface area contributed by atoms with E-state index in [1.54, 1.807) is 0 Å². The van der Waals surface area contributed by atoms with Crippen LogP contribution in [0, 0.1) is 0 Å². The molecule has 0 aromatic carbocycles. The van der Waals surface area contributed by atoms with E-state index in [1.165, 1.54) is 31.4 Å². The number of likely N-dealkylation sites (N-methyl/N-ethyl adjacent to an activating group) is 1. The van der Waals surface area contributed by atoms with Crippen LogP contribution in [0.15, 0.2) is 11.8 Å². The Bertz CT molecular complexity index is 338. The van der Waals surface area contributed by atoms with Crippen molar-refractivity contribution < 1.29 is 4.79 Å². The molecule has 108 valence electrons. The Morgan fingerprint density at radius 3 is 3.00 bits per heavy atom.